The molecular formula is C24H28N8O2. The minimum absolute atomic E-state index is 0.0624. The fourth-order valence-corrected chi connectivity index (χ4v) is 5.04. The van der Waals surface area contributed by atoms with Crippen LogP contribution in [0.15, 0.2) is 35.4 Å². The lowest BCUT2D eigenvalue weighted by Crippen LogP contribution is -2.37. The van der Waals surface area contributed by atoms with Gasteiger partial charge in [0.25, 0.3) is 5.91 Å². The molecule has 0 spiro atoms. The van der Waals surface area contributed by atoms with Crippen molar-refractivity contribution in [2.75, 3.05) is 24.5 Å². The van der Waals surface area contributed by atoms with Gasteiger partial charge in [-0.2, -0.15) is 0 Å². The number of benzene rings is 1. The summed E-state index contributed by atoms with van der Waals surface area (Å²) in [4.78, 5) is 44.3. The van der Waals surface area contributed by atoms with Crippen LogP contribution < -0.4 is 15.9 Å². The summed E-state index contributed by atoms with van der Waals surface area (Å²) in [6.07, 6.45) is 5.54. The summed E-state index contributed by atoms with van der Waals surface area (Å²) in [5.41, 5.74) is 3.08. The van der Waals surface area contributed by atoms with E-state index in [2.05, 4.69) is 25.2 Å². The van der Waals surface area contributed by atoms with Crippen molar-refractivity contribution in [3.63, 3.8) is 0 Å². The molecule has 1 amide bonds. The number of anilines is 1. The van der Waals surface area contributed by atoms with Crippen molar-refractivity contribution >= 4 is 33.9 Å². The molecule has 2 N–H and O–H groups in total. The van der Waals surface area contributed by atoms with Gasteiger partial charge in [0.15, 0.2) is 17.0 Å². The predicted molar refractivity (Wildman–Crippen MR) is 129 cm³/mol. The maximum absolute atomic E-state index is 12.8. The van der Waals surface area contributed by atoms with Crippen LogP contribution in [0.25, 0.3) is 22.2 Å². The average Bonchev–Trinajstić information content (AvgIpc) is 3.52. The van der Waals surface area contributed by atoms with Crippen LogP contribution in [0, 0.1) is 5.92 Å². The number of para-hydroxylation sites is 2. The smallest absolute Gasteiger partial charge is 0.326 e. The Hall–Kier alpha value is -3.69. The Labute approximate surface area is 196 Å². The molecule has 0 atom stereocenters. The van der Waals surface area contributed by atoms with Crippen LogP contribution in [-0.2, 0) is 6.54 Å². The Morgan fingerprint density at radius 1 is 1.15 bits per heavy atom. The highest BCUT2D eigenvalue weighted by Gasteiger charge is 2.28. The standard InChI is InChI=1S/C24H28N8O2/c1-2-31-21-19(29-22(31)23(33)25-13-15-7-8-15)20(26-14-27-21)30-11-9-16(10-12-30)32-18-6-4-3-5-17(18)28-24(32)34/h3-6,14-16H,2,7-13H2,1H3,(H,25,33)(H,28,34). The number of piperidine rings is 1. The number of amides is 1. The normalized spacial score (nSPS) is 17.0. The molecule has 34 heavy (non-hydrogen) atoms. The number of rotatable bonds is 6. The van der Waals surface area contributed by atoms with Gasteiger partial charge in [0, 0.05) is 32.2 Å². The minimum atomic E-state index is -0.157. The number of aromatic nitrogens is 6. The van der Waals surface area contributed by atoms with E-state index in [1.54, 1.807) is 6.33 Å². The molecular weight excluding hydrogens is 432 g/mol. The molecule has 1 aliphatic heterocycles. The third kappa shape index (κ3) is 3.53. The second-order valence-electron chi connectivity index (χ2n) is 9.24. The van der Waals surface area contributed by atoms with Crippen LogP contribution in [0.5, 0.6) is 0 Å². The first-order chi connectivity index (χ1) is 16.6. The Morgan fingerprint density at radius 3 is 2.71 bits per heavy atom. The molecule has 10 nitrogen and oxygen atoms in total. The molecule has 2 aliphatic rings. The molecule has 1 aliphatic carbocycles. The molecule has 3 aromatic heterocycles. The number of imidazole rings is 2. The number of carbonyl (C=O) groups is 1. The quantitative estimate of drug-likeness (QED) is 0.457. The highest BCUT2D eigenvalue weighted by Crippen LogP contribution is 2.31. The molecule has 176 valence electrons. The first-order valence-electron chi connectivity index (χ1n) is 12.1. The zero-order chi connectivity index (χ0) is 23.2. The number of carbonyl (C=O) groups excluding carboxylic acids is 1. The molecule has 0 unspecified atom stereocenters. The van der Waals surface area contributed by atoms with Crippen molar-refractivity contribution in [1.82, 2.24) is 34.4 Å². The van der Waals surface area contributed by atoms with Crippen LogP contribution in [0.1, 0.15) is 49.3 Å². The third-order valence-electron chi connectivity index (χ3n) is 7.03. The first kappa shape index (κ1) is 20.9. The number of hydrogen-bond acceptors (Lipinski definition) is 6. The number of nitrogens with one attached hydrogen (secondary N) is 2. The summed E-state index contributed by atoms with van der Waals surface area (Å²) in [5.74, 6) is 1.58. The molecule has 6 rings (SSSR count). The largest absolute Gasteiger partial charge is 0.355 e. The zero-order valence-corrected chi connectivity index (χ0v) is 19.2. The van der Waals surface area contributed by atoms with Crippen LogP contribution in [0.2, 0.25) is 0 Å². The molecule has 1 aromatic carbocycles. The van der Waals surface area contributed by atoms with E-state index in [9.17, 15) is 9.59 Å². The van der Waals surface area contributed by atoms with E-state index in [4.69, 9.17) is 4.98 Å². The molecule has 0 radical (unpaired) electrons. The van der Waals surface area contributed by atoms with E-state index in [1.807, 2.05) is 40.3 Å². The van der Waals surface area contributed by atoms with E-state index in [-0.39, 0.29) is 17.6 Å². The van der Waals surface area contributed by atoms with Gasteiger partial charge < -0.3 is 19.8 Å². The van der Waals surface area contributed by atoms with E-state index in [0.29, 0.717) is 36.0 Å². The van der Waals surface area contributed by atoms with E-state index in [0.717, 1.165) is 42.8 Å². The summed E-state index contributed by atoms with van der Waals surface area (Å²) in [7, 11) is 0. The predicted octanol–water partition coefficient (Wildman–Crippen LogP) is 2.47. The fourth-order valence-electron chi connectivity index (χ4n) is 5.04. The van der Waals surface area contributed by atoms with Crippen LogP contribution in [0.3, 0.4) is 0 Å². The number of nitrogens with zero attached hydrogens (tertiary/aromatic N) is 6. The van der Waals surface area contributed by atoms with E-state index in [1.165, 1.54) is 12.8 Å². The van der Waals surface area contributed by atoms with Crippen molar-refractivity contribution in [2.24, 2.45) is 5.92 Å². The molecule has 2 fully saturated rings. The van der Waals surface area contributed by atoms with Gasteiger partial charge in [-0.1, -0.05) is 12.1 Å². The van der Waals surface area contributed by atoms with Crippen LogP contribution in [0.4, 0.5) is 5.82 Å². The molecule has 1 saturated carbocycles. The Balaban J connectivity index is 1.26. The highest BCUT2D eigenvalue weighted by molar-refractivity contribution is 5.96. The lowest BCUT2D eigenvalue weighted by molar-refractivity contribution is 0.0937. The number of H-pyrrole nitrogens is 1. The maximum atomic E-state index is 12.8. The Bertz CT molecular complexity index is 1420. The van der Waals surface area contributed by atoms with Crippen LogP contribution in [-0.4, -0.2) is 54.6 Å². The minimum Gasteiger partial charge on any atom is -0.355 e. The number of aromatic amines is 1. The van der Waals surface area contributed by atoms with Gasteiger partial charge in [-0.05, 0) is 50.7 Å². The lowest BCUT2D eigenvalue weighted by atomic mass is 10.0. The van der Waals surface area contributed by atoms with E-state index < -0.39 is 0 Å². The SMILES string of the molecule is CCn1c(C(=O)NCC2CC2)nc2c(N3CCC(n4c(=O)[nH]c5ccccc54)CC3)ncnc21. The molecule has 4 heterocycles. The second kappa shape index (κ2) is 8.27. The number of fused-ring (bicyclic) bond motifs is 2. The summed E-state index contributed by atoms with van der Waals surface area (Å²) < 4.78 is 3.75. The van der Waals surface area contributed by atoms with Gasteiger partial charge in [-0.25, -0.2) is 19.7 Å². The Morgan fingerprint density at radius 2 is 1.94 bits per heavy atom. The van der Waals surface area contributed by atoms with Gasteiger partial charge in [0.2, 0.25) is 5.82 Å². The van der Waals surface area contributed by atoms with Crippen molar-refractivity contribution in [3.05, 3.63) is 46.9 Å². The summed E-state index contributed by atoms with van der Waals surface area (Å²) in [5, 5.41) is 3.02. The van der Waals surface area contributed by atoms with Crippen molar-refractivity contribution in [3.8, 4) is 0 Å². The van der Waals surface area contributed by atoms with Gasteiger partial charge in [-0.3, -0.25) is 9.36 Å². The summed E-state index contributed by atoms with van der Waals surface area (Å²) >= 11 is 0. The van der Waals surface area contributed by atoms with Gasteiger partial charge in [0.1, 0.15) is 6.33 Å². The summed E-state index contributed by atoms with van der Waals surface area (Å²) in [6, 6.07) is 7.93. The molecule has 0 bridgehead atoms. The number of aryl methyl sites for hydroxylation is 1. The molecule has 10 heteroatoms. The number of hydrogen-bond donors (Lipinski definition) is 2. The van der Waals surface area contributed by atoms with Gasteiger partial charge in [0.05, 0.1) is 11.0 Å². The second-order valence-corrected chi connectivity index (χ2v) is 9.24. The maximum Gasteiger partial charge on any atom is 0.326 e. The lowest BCUT2D eigenvalue weighted by Gasteiger charge is -2.33. The fraction of sp³-hybridized carbons (Fsp3) is 0.458. The van der Waals surface area contributed by atoms with E-state index >= 15 is 0 Å². The average molecular weight is 461 g/mol. The van der Waals surface area contributed by atoms with Crippen LogP contribution >= 0.6 is 0 Å². The van der Waals surface area contributed by atoms with Crippen molar-refractivity contribution in [1.29, 1.82) is 0 Å². The monoisotopic (exact) mass is 460 g/mol. The zero-order valence-electron chi connectivity index (χ0n) is 19.2. The first-order valence-corrected chi connectivity index (χ1v) is 12.1. The van der Waals surface area contributed by atoms with Crippen molar-refractivity contribution < 1.29 is 4.79 Å². The third-order valence-corrected chi connectivity index (χ3v) is 7.03. The summed E-state index contributed by atoms with van der Waals surface area (Å²) in [6.45, 7) is 4.77. The van der Waals surface area contributed by atoms with Gasteiger partial charge >= 0.3 is 5.69 Å². The van der Waals surface area contributed by atoms with Crippen molar-refractivity contribution in [2.45, 2.75) is 45.2 Å². The molecule has 1 saturated heterocycles. The molecule has 4 aromatic rings. The Kier molecular flexibility index (Phi) is 5.08. The topological polar surface area (TPSA) is 114 Å². The van der Waals surface area contributed by atoms with Gasteiger partial charge in [-0.15, -0.1) is 0 Å². The highest BCUT2D eigenvalue weighted by atomic mass is 16.2.